The molecule has 0 radical (unpaired) electrons. The number of thiazole rings is 1. The third-order valence-corrected chi connectivity index (χ3v) is 4.64. The number of hydrogen-bond donors (Lipinski definition) is 0. The first kappa shape index (κ1) is 12.6. The Morgan fingerprint density at radius 1 is 1.40 bits per heavy atom. The van der Waals surface area contributed by atoms with Crippen LogP contribution in [0, 0.1) is 6.92 Å². The van der Waals surface area contributed by atoms with E-state index in [1.54, 1.807) is 13.2 Å². The molecule has 0 spiro atoms. The summed E-state index contributed by atoms with van der Waals surface area (Å²) in [6.45, 7) is 2.26. The minimum atomic E-state index is -3.32. The molecule has 0 aliphatic rings. The average Bonchev–Trinajstić information content (AvgIpc) is 2.50. The molecule has 0 atom stereocenters. The van der Waals surface area contributed by atoms with Gasteiger partial charge in [0.05, 0.1) is 11.6 Å². The lowest BCUT2D eigenvalue weighted by Gasteiger charge is -2.20. The van der Waals surface area contributed by atoms with Gasteiger partial charge in [-0.15, -0.1) is 11.3 Å². The molecule has 0 N–H and O–H groups in total. The van der Waals surface area contributed by atoms with Gasteiger partial charge in [0.15, 0.2) is 0 Å². The lowest BCUT2D eigenvalue weighted by Crippen LogP contribution is -2.36. The van der Waals surface area contributed by atoms with E-state index in [0.717, 1.165) is 9.88 Å². The molecule has 0 amide bonds. The average molecular weight is 249 g/mol. The zero-order chi connectivity index (χ0) is 11.6. The van der Waals surface area contributed by atoms with Crippen LogP contribution in [0.5, 0.6) is 0 Å². The fraction of sp³-hybridized carbons (Fsp3) is 0.625. The Morgan fingerprint density at radius 3 is 2.40 bits per heavy atom. The SMILES string of the molecule is Cc1ncc(CN(C)S(=O)(=O)N(C)C)s1. The first-order valence-electron chi connectivity index (χ1n) is 4.39. The van der Waals surface area contributed by atoms with Gasteiger partial charge in [-0.05, 0) is 6.92 Å². The van der Waals surface area contributed by atoms with Gasteiger partial charge in [-0.25, -0.2) is 4.98 Å². The van der Waals surface area contributed by atoms with Crippen LogP contribution in [0.4, 0.5) is 0 Å². The molecule has 0 aliphatic heterocycles. The molecule has 0 unspecified atom stereocenters. The van der Waals surface area contributed by atoms with Crippen molar-refractivity contribution in [1.82, 2.24) is 13.6 Å². The second-order valence-corrected chi connectivity index (χ2v) is 6.96. The van der Waals surface area contributed by atoms with Crippen molar-refractivity contribution in [2.75, 3.05) is 21.1 Å². The van der Waals surface area contributed by atoms with Crippen LogP contribution in [0.1, 0.15) is 9.88 Å². The molecule has 0 fully saturated rings. The van der Waals surface area contributed by atoms with E-state index in [1.807, 2.05) is 6.92 Å². The lowest BCUT2D eigenvalue weighted by molar-refractivity contribution is 0.416. The van der Waals surface area contributed by atoms with Crippen LogP contribution in [0.2, 0.25) is 0 Å². The number of aryl methyl sites for hydroxylation is 1. The van der Waals surface area contributed by atoms with Crippen LogP contribution in [-0.2, 0) is 16.8 Å². The van der Waals surface area contributed by atoms with Gasteiger partial charge in [0.25, 0.3) is 10.2 Å². The molecule has 7 heteroatoms. The first-order chi connectivity index (χ1) is 6.84. The molecule has 0 saturated carbocycles. The predicted molar refractivity (Wildman–Crippen MR) is 60.9 cm³/mol. The van der Waals surface area contributed by atoms with Crippen LogP contribution in [0.25, 0.3) is 0 Å². The van der Waals surface area contributed by atoms with Crippen molar-refractivity contribution in [3.63, 3.8) is 0 Å². The van der Waals surface area contributed by atoms with Crippen molar-refractivity contribution < 1.29 is 8.42 Å². The summed E-state index contributed by atoms with van der Waals surface area (Å²) in [5, 5.41) is 0.945. The molecular formula is C8H15N3O2S2. The third kappa shape index (κ3) is 2.97. The standard InChI is InChI=1S/C8H15N3O2S2/c1-7-9-5-8(14-7)6-11(4)15(12,13)10(2)3/h5H,6H2,1-4H3. The van der Waals surface area contributed by atoms with Crippen LogP contribution < -0.4 is 0 Å². The second kappa shape index (κ2) is 4.56. The Balaban J connectivity index is 2.76. The Bertz CT molecular complexity index is 425. The van der Waals surface area contributed by atoms with Crippen molar-refractivity contribution in [1.29, 1.82) is 0 Å². The van der Waals surface area contributed by atoms with Crippen LogP contribution in [0.15, 0.2) is 6.20 Å². The topological polar surface area (TPSA) is 53.5 Å². The van der Waals surface area contributed by atoms with Crippen molar-refractivity contribution in [2.24, 2.45) is 0 Å². The molecule has 5 nitrogen and oxygen atoms in total. The molecule has 1 rings (SSSR count). The highest BCUT2D eigenvalue weighted by molar-refractivity contribution is 7.86. The third-order valence-electron chi connectivity index (χ3n) is 1.90. The molecular weight excluding hydrogens is 234 g/mol. The van der Waals surface area contributed by atoms with Gasteiger partial charge in [0.2, 0.25) is 0 Å². The largest absolute Gasteiger partial charge is 0.281 e. The number of aromatic nitrogens is 1. The van der Waals surface area contributed by atoms with E-state index in [1.165, 1.54) is 34.0 Å². The Kier molecular flexibility index (Phi) is 3.82. The fourth-order valence-corrected chi connectivity index (χ4v) is 2.85. The van der Waals surface area contributed by atoms with Crippen LogP contribution in [-0.4, -0.2) is 43.2 Å². The molecule has 1 aromatic rings. The van der Waals surface area contributed by atoms with E-state index in [9.17, 15) is 8.42 Å². The van der Waals surface area contributed by atoms with Crippen molar-refractivity contribution in [3.8, 4) is 0 Å². The smallest absolute Gasteiger partial charge is 0.250 e. The van der Waals surface area contributed by atoms with E-state index in [0.29, 0.717) is 6.54 Å². The van der Waals surface area contributed by atoms with E-state index < -0.39 is 10.2 Å². The summed E-state index contributed by atoms with van der Waals surface area (Å²) >= 11 is 1.51. The van der Waals surface area contributed by atoms with Gasteiger partial charge in [-0.3, -0.25) is 0 Å². The summed E-state index contributed by atoms with van der Waals surface area (Å²) in [4.78, 5) is 5.02. The van der Waals surface area contributed by atoms with Crippen molar-refractivity contribution in [3.05, 3.63) is 16.1 Å². The van der Waals surface area contributed by atoms with Gasteiger partial charge in [0.1, 0.15) is 0 Å². The van der Waals surface area contributed by atoms with Crippen molar-refractivity contribution in [2.45, 2.75) is 13.5 Å². The van der Waals surface area contributed by atoms with E-state index in [4.69, 9.17) is 0 Å². The maximum Gasteiger partial charge on any atom is 0.281 e. The molecule has 0 saturated heterocycles. The number of hydrogen-bond acceptors (Lipinski definition) is 4. The summed E-state index contributed by atoms with van der Waals surface area (Å²) in [6.07, 6.45) is 1.71. The normalized spacial score (nSPS) is 12.7. The minimum absolute atomic E-state index is 0.367. The Hall–Kier alpha value is -0.500. The van der Waals surface area contributed by atoms with E-state index >= 15 is 0 Å². The number of nitrogens with zero attached hydrogens (tertiary/aromatic N) is 3. The van der Waals surface area contributed by atoms with Gasteiger partial charge < -0.3 is 0 Å². The predicted octanol–water partition coefficient (Wildman–Crippen LogP) is 0.690. The van der Waals surface area contributed by atoms with Crippen LogP contribution in [0.3, 0.4) is 0 Å². The summed E-state index contributed by atoms with van der Waals surface area (Å²) in [7, 11) is 1.27. The van der Waals surface area contributed by atoms with Crippen molar-refractivity contribution >= 4 is 21.5 Å². The zero-order valence-electron chi connectivity index (χ0n) is 9.26. The lowest BCUT2D eigenvalue weighted by atomic mass is 10.5. The van der Waals surface area contributed by atoms with Gasteiger partial charge in [0, 0.05) is 32.2 Å². The second-order valence-electron chi connectivity index (χ2n) is 3.39. The highest BCUT2D eigenvalue weighted by Crippen LogP contribution is 2.15. The molecule has 0 aliphatic carbocycles. The van der Waals surface area contributed by atoms with E-state index in [-0.39, 0.29) is 0 Å². The summed E-state index contributed by atoms with van der Waals surface area (Å²) < 4.78 is 25.9. The zero-order valence-corrected chi connectivity index (χ0v) is 10.9. The molecule has 0 aromatic carbocycles. The highest BCUT2D eigenvalue weighted by atomic mass is 32.2. The monoisotopic (exact) mass is 249 g/mol. The Labute approximate surface area is 94.5 Å². The molecule has 1 aromatic heterocycles. The summed E-state index contributed by atoms with van der Waals surface area (Å²) in [5.41, 5.74) is 0. The first-order valence-corrected chi connectivity index (χ1v) is 6.60. The van der Waals surface area contributed by atoms with Crippen LogP contribution >= 0.6 is 11.3 Å². The van der Waals surface area contributed by atoms with E-state index in [2.05, 4.69) is 4.98 Å². The molecule has 1 heterocycles. The highest BCUT2D eigenvalue weighted by Gasteiger charge is 2.20. The Morgan fingerprint density at radius 2 is 2.00 bits per heavy atom. The quantitative estimate of drug-likeness (QED) is 0.789. The summed E-state index contributed by atoms with van der Waals surface area (Å²) in [6, 6.07) is 0. The minimum Gasteiger partial charge on any atom is -0.250 e. The van der Waals surface area contributed by atoms with Gasteiger partial charge >= 0.3 is 0 Å². The summed E-state index contributed by atoms with van der Waals surface area (Å²) in [5.74, 6) is 0. The fourth-order valence-electron chi connectivity index (χ4n) is 1.06. The maximum atomic E-state index is 11.7. The van der Waals surface area contributed by atoms with Gasteiger partial charge in [-0.1, -0.05) is 0 Å². The molecule has 86 valence electrons. The molecule has 0 bridgehead atoms. The van der Waals surface area contributed by atoms with Gasteiger partial charge in [-0.2, -0.15) is 17.0 Å². The molecule has 15 heavy (non-hydrogen) atoms. The number of rotatable bonds is 4. The maximum absolute atomic E-state index is 11.7.